The van der Waals surface area contributed by atoms with Crippen LogP contribution in [-0.2, 0) is 22.2 Å². The van der Waals surface area contributed by atoms with Crippen LogP contribution in [0.1, 0.15) is 45.3 Å². The number of imidazole rings is 1. The number of aromatic amines is 2. The zero-order valence-corrected chi connectivity index (χ0v) is 34.9. The van der Waals surface area contributed by atoms with Gasteiger partial charge < -0.3 is 14.9 Å². The van der Waals surface area contributed by atoms with Crippen molar-refractivity contribution >= 4 is 5.69 Å². The van der Waals surface area contributed by atoms with Gasteiger partial charge in [-0.1, -0.05) is 170 Å². The van der Waals surface area contributed by atoms with Crippen LogP contribution in [0.5, 0.6) is 0 Å². The molecule has 6 aromatic carbocycles. The zero-order valence-electron chi connectivity index (χ0n) is 34.9. The maximum absolute atomic E-state index is 5.51. The Bertz CT molecular complexity index is 3020. The van der Waals surface area contributed by atoms with Crippen molar-refractivity contribution in [1.29, 1.82) is 0 Å². The number of anilines is 1. The second-order valence-corrected chi connectivity index (χ2v) is 16.0. The summed E-state index contributed by atoms with van der Waals surface area (Å²) in [7, 11) is 0. The molecule has 1 aliphatic heterocycles. The zero-order chi connectivity index (χ0) is 42.9. The Morgan fingerprint density at radius 1 is 0.391 bits per heavy atom. The molecule has 3 N–H and O–H groups in total. The lowest BCUT2D eigenvalue weighted by molar-refractivity contribution is 0.0333. The van der Waals surface area contributed by atoms with Gasteiger partial charge in [0.1, 0.15) is 16.9 Å². The summed E-state index contributed by atoms with van der Waals surface area (Å²) in [6, 6.07) is 74.5. The van der Waals surface area contributed by atoms with Crippen LogP contribution in [0.25, 0.3) is 11.1 Å². The number of aromatic nitrogens is 6. The van der Waals surface area contributed by atoms with E-state index in [-0.39, 0.29) is 0 Å². The van der Waals surface area contributed by atoms with Gasteiger partial charge in [0, 0.05) is 48.6 Å². The van der Waals surface area contributed by atoms with Crippen LogP contribution in [-0.4, -0.2) is 29.9 Å². The number of hydrogen-bond donors (Lipinski definition) is 3. The largest absolute Gasteiger partial charge is 0.363 e. The SMILES string of the molecule is c1ccc(-c2ccccc2C2(c3ccccn3)NC(c3ccccc3)(c3ccc[nH]3)C(c3ccccc3)(c3ncc[nH]3)N(c3ccccc3)C2(c2ccccc2)c2ncccn2)cc1. The summed E-state index contributed by atoms with van der Waals surface area (Å²) >= 11 is 0. The second-order valence-electron chi connectivity index (χ2n) is 16.0. The number of hydrogen-bond acceptors (Lipinski definition) is 6. The van der Waals surface area contributed by atoms with Gasteiger partial charge >= 0.3 is 0 Å². The normalized spacial score (nSPS) is 21.9. The Labute approximate surface area is 372 Å². The summed E-state index contributed by atoms with van der Waals surface area (Å²) in [6.45, 7) is 0. The van der Waals surface area contributed by atoms with Gasteiger partial charge in [-0.25, -0.2) is 15.0 Å². The molecule has 0 bridgehead atoms. The minimum absolute atomic E-state index is 0.547. The molecule has 8 nitrogen and oxygen atoms in total. The van der Waals surface area contributed by atoms with Gasteiger partial charge in [0.05, 0.1) is 5.69 Å². The summed E-state index contributed by atoms with van der Waals surface area (Å²) in [5.74, 6) is 1.24. The molecule has 5 heterocycles. The van der Waals surface area contributed by atoms with E-state index >= 15 is 0 Å². The number of piperazine rings is 1. The third-order valence-electron chi connectivity index (χ3n) is 12.9. The molecule has 4 unspecified atom stereocenters. The van der Waals surface area contributed by atoms with Crippen LogP contribution < -0.4 is 10.2 Å². The van der Waals surface area contributed by atoms with Gasteiger partial charge in [0.15, 0.2) is 16.9 Å². The Morgan fingerprint density at radius 2 is 0.969 bits per heavy atom. The molecular weight excluding hydrogens is 785 g/mol. The minimum atomic E-state index is -1.43. The summed E-state index contributed by atoms with van der Waals surface area (Å²) in [5, 5.41) is 4.73. The molecule has 0 aliphatic carbocycles. The predicted molar refractivity (Wildman–Crippen MR) is 252 cm³/mol. The minimum Gasteiger partial charge on any atom is -0.363 e. The van der Waals surface area contributed by atoms with Gasteiger partial charge in [-0.05, 0) is 75.8 Å². The fourth-order valence-corrected chi connectivity index (χ4v) is 10.7. The summed E-state index contributed by atoms with van der Waals surface area (Å²) in [4.78, 5) is 31.9. The molecular formula is C56H44N8. The monoisotopic (exact) mass is 828 g/mol. The average Bonchev–Trinajstić information content (AvgIpc) is 4.15. The molecule has 0 amide bonds. The van der Waals surface area contributed by atoms with Crippen LogP contribution in [0.4, 0.5) is 5.69 Å². The highest BCUT2D eigenvalue weighted by Gasteiger charge is 2.78. The van der Waals surface area contributed by atoms with Gasteiger partial charge in [0.25, 0.3) is 0 Å². The Hall–Kier alpha value is -8.20. The first kappa shape index (κ1) is 38.7. The van der Waals surface area contributed by atoms with Crippen LogP contribution in [0.3, 0.4) is 0 Å². The van der Waals surface area contributed by atoms with E-state index in [4.69, 9.17) is 25.3 Å². The molecule has 1 aliphatic rings. The van der Waals surface area contributed by atoms with Crippen molar-refractivity contribution in [2.45, 2.75) is 22.2 Å². The molecule has 0 radical (unpaired) electrons. The van der Waals surface area contributed by atoms with E-state index in [0.717, 1.165) is 50.5 Å². The third-order valence-corrected chi connectivity index (χ3v) is 12.9. The van der Waals surface area contributed by atoms with Gasteiger partial charge in [-0.3, -0.25) is 10.3 Å². The summed E-state index contributed by atoms with van der Waals surface area (Å²) in [6.07, 6.45) is 11.4. The highest BCUT2D eigenvalue weighted by atomic mass is 15.4. The summed E-state index contributed by atoms with van der Waals surface area (Å²) < 4.78 is 0. The predicted octanol–water partition coefficient (Wildman–Crippen LogP) is 10.8. The summed E-state index contributed by atoms with van der Waals surface area (Å²) in [5.41, 5.74) is 3.04. The fourth-order valence-electron chi connectivity index (χ4n) is 10.7. The molecule has 1 saturated heterocycles. The van der Waals surface area contributed by atoms with E-state index < -0.39 is 22.2 Å². The average molecular weight is 829 g/mol. The molecule has 0 spiro atoms. The molecule has 308 valence electrons. The van der Waals surface area contributed by atoms with Crippen molar-refractivity contribution in [3.8, 4) is 11.1 Å². The Balaban J connectivity index is 1.51. The van der Waals surface area contributed by atoms with E-state index in [1.165, 1.54) is 0 Å². The van der Waals surface area contributed by atoms with E-state index in [1.807, 2.05) is 49.3 Å². The highest BCUT2D eigenvalue weighted by Crippen LogP contribution is 2.68. The lowest BCUT2D eigenvalue weighted by Crippen LogP contribution is -2.86. The van der Waals surface area contributed by atoms with Crippen LogP contribution in [0.15, 0.2) is 250 Å². The van der Waals surface area contributed by atoms with Gasteiger partial charge in [-0.15, -0.1) is 0 Å². The lowest BCUT2D eigenvalue weighted by Gasteiger charge is -2.71. The molecule has 64 heavy (non-hydrogen) atoms. The second kappa shape index (κ2) is 15.9. The fraction of sp³-hybridized carbons (Fsp3) is 0.0714. The van der Waals surface area contributed by atoms with Crippen LogP contribution >= 0.6 is 0 Å². The number of rotatable bonds is 10. The number of nitrogens with one attached hydrogen (secondary N) is 3. The van der Waals surface area contributed by atoms with E-state index in [9.17, 15) is 0 Å². The topological polar surface area (TPSA) is 98.4 Å². The molecule has 4 aromatic heterocycles. The number of benzene rings is 6. The lowest BCUT2D eigenvalue weighted by atomic mass is 9.52. The van der Waals surface area contributed by atoms with Crippen LogP contribution in [0.2, 0.25) is 0 Å². The maximum Gasteiger partial charge on any atom is 0.161 e. The Kier molecular flexibility index (Phi) is 9.63. The van der Waals surface area contributed by atoms with E-state index in [1.54, 1.807) is 0 Å². The first-order valence-corrected chi connectivity index (χ1v) is 21.6. The highest BCUT2D eigenvalue weighted by molar-refractivity contribution is 5.77. The van der Waals surface area contributed by atoms with Crippen molar-refractivity contribution in [2.24, 2.45) is 0 Å². The molecule has 4 atom stereocenters. The number of nitrogens with zero attached hydrogens (tertiary/aromatic N) is 5. The Morgan fingerprint density at radius 3 is 1.58 bits per heavy atom. The van der Waals surface area contributed by atoms with Crippen LogP contribution in [0, 0.1) is 0 Å². The quantitative estimate of drug-likeness (QED) is 0.127. The van der Waals surface area contributed by atoms with Crippen molar-refractivity contribution in [3.05, 3.63) is 295 Å². The first-order valence-electron chi connectivity index (χ1n) is 21.6. The van der Waals surface area contributed by atoms with Gasteiger partial charge in [0.2, 0.25) is 0 Å². The van der Waals surface area contributed by atoms with E-state index in [2.05, 4.69) is 215 Å². The van der Waals surface area contributed by atoms with Crippen molar-refractivity contribution < 1.29 is 0 Å². The molecule has 10 aromatic rings. The number of H-pyrrole nitrogens is 2. The maximum atomic E-state index is 5.51. The molecule has 8 heteroatoms. The third kappa shape index (κ3) is 5.52. The smallest absolute Gasteiger partial charge is 0.161 e. The number of pyridine rings is 1. The standard InChI is InChI=1S/C56H44N8/c1-6-22-42(23-7-1)47-32-16-17-33-48(47)54(50-34-18-19-36-57-50)56(45-28-12-4-13-29-45,52-59-38-21-39-60-52)64(46-30-14-5-15-31-46)55(51-61-40-41-62-51,44-26-10-3-11-27-44)53(63-54,49-35-20-37-58-49)43-24-8-2-9-25-43/h1-41,58,63H,(H,61,62). The molecule has 0 saturated carbocycles. The van der Waals surface area contributed by atoms with Crippen molar-refractivity contribution in [3.63, 3.8) is 0 Å². The van der Waals surface area contributed by atoms with Crippen molar-refractivity contribution in [1.82, 2.24) is 35.2 Å². The van der Waals surface area contributed by atoms with E-state index in [0.29, 0.717) is 11.6 Å². The molecule has 1 fully saturated rings. The first-order chi connectivity index (χ1) is 31.8. The molecule has 11 rings (SSSR count). The number of para-hydroxylation sites is 1. The van der Waals surface area contributed by atoms with Crippen molar-refractivity contribution in [2.75, 3.05) is 4.90 Å². The van der Waals surface area contributed by atoms with Gasteiger partial charge in [-0.2, -0.15) is 0 Å².